The number of pyridine rings is 1. The van der Waals surface area contributed by atoms with Gasteiger partial charge in [0.1, 0.15) is 16.4 Å². The third-order valence-corrected chi connectivity index (χ3v) is 7.82. The molecule has 5 N–H and O–H groups in total. The molecule has 2 atom stereocenters. The third-order valence-electron chi connectivity index (χ3n) is 6.72. The fourth-order valence-corrected chi connectivity index (χ4v) is 5.80. The summed E-state index contributed by atoms with van der Waals surface area (Å²) in [5, 5.41) is 24.5. The summed E-state index contributed by atoms with van der Waals surface area (Å²) in [6.07, 6.45) is 0.293. The van der Waals surface area contributed by atoms with E-state index in [1.165, 1.54) is 11.3 Å². The van der Waals surface area contributed by atoms with E-state index in [0.29, 0.717) is 54.4 Å². The first-order chi connectivity index (χ1) is 18.9. The molecule has 2 aromatic heterocycles. The highest BCUT2D eigenvalue weighted by Gasteiger charge is 2.31. The van der Waals surface area contributed by atoms with Crippen molar-refractivity contribution in [1.29, 1.82) is 0 Å². The van der Waals surface area contributed by atoms with E-state index in [0.717, 1.165) is 16.0 Å². The van der Waals surface area contributed by atoms with Gasteiger partial charge in [-0.05, 0) is 82.2 Å². The molecule has 40 heavy (non-hydrogen) atoms. The van der Waals surface area contributed by atoms with Crippen molar-refractivity contribution >= 4 is 34.2 Å². The molecule has 2 unspecified atom stereocenters. The van der Waals surface area contributed by atoms with Gasteiger partial charge in [-0.1, -0.05) is 30.3 Å². The van der Waals surface area contributed by atoms with Crippen LogP contribution in [-0.4, -0.2) is 56.9 Å². The first kappa shape index (κ1) is 29.5. The molecule has 0 aliphatic carbocycles. The number of hydrogen-bond donors (Lipinski definition) is 4. The molecule has 1 saturated heterocycles. The molecule has 3 aromatic rings. The van der Waals surface area contributed by atoms with Crippen LogP contribution in [0.3, 0.4) is 0 Å². The summed E-state index contributed by atoms with van der Waals surface area (Å²) in [5.41, 5.74) is 7.97. The van der Waals surface area contributed by atoms with Crippen LogP contribution < -0.4 is 11.1 Å². The number of amides is 2. The number of hydrogen-bond acceptors (Lipinski definition) is 8. The van der Waals surface area contributed by atoms with Gasteiger partial charge < -0.3 is 30.9 Å². The third kappa shape index (κ3) is 7.59. The number of nitrogens with zero attached hydrogens (tertiary/aromatic N) is 2. The smallest absolute Gasteiger partial charge is 0.410 e. The Kier molecular flexibility index (Phi) is 9.12. The van der Waals surface area contributed by atoms with E-state index in [9.17, 15) is 19.8 Å². The quantitative estimate of drug-likeness (QED) is 0.292. The minimum atomic E-state index is -0.794. The number of aromatic nitrogens is 1. The van der Waals surface area contributed by atoms with Crippen molar-refractivity contribution < 1.29 is 24.5 Å². The standard InChI is InChI=1S/C30H38N4O5S/c1-18(35)16-19-8-10-20(11-9-19)24-17-22(27(31)37)28(40-24)33-25-7-5-6-23(32-25)26(36)21-12-14-34(15-13-21)29(38)39-30(2,3)4/h5-11,17-18,21,26,35-36H,12-16H2,1-4H3,(H2,31,37)(H,32,33). The molecular formula is C30H38N4O5S. The maximum absolute atomic E-state index is 12.4. The number of carbonyl (C=O) groups is 2. The van der Waals surface area contributed by atoms with E-state index in [4.69, 9.17) is 10.5 Å². The summed E-state index contributed by atoms with van der Waals surface area (Å²) in [5.74, 6) is -0.109. The van der Waals surface area contributed by atoms with Crippen LogP contribution in [0.4, 0.5) is 15.6 Å². The summed E-state index contributed by atoms with van der Waals surface area (Å²) in [6, 6.07) is 15.0. The number of rotatable bonds is 8. The van der Waals surface area contributed by atoms with Crippen molar-refractivity contribution in [2.45, 2.75) is 64.8 Å². The largest absolute Gasteiger partial charge is 0.444 e. The summed E-state index contributed by atoms with van der Waals surface area (Å²) in [6.45, 7) is 8.30. The predicted octanol–water partition coefficient (Wildman–Crippen LogP) is 5.26. The molecular weight excluding hydrogens is 528 g/mol. The molecule has 0 bridgehead atoms. The summed E-state index contributed by atoms with van der Waals surface area (Å²) < 4.78 is 5.47. The van der Waals surface area contributed by atoms with Gasteiger partial charge in [0.25, 0.3) is 5.91 Å². The van der Waals surface area contributed by atoms with Crippen molar-refractivity contribution in [3.8, 4) is 10.4 Å². The zero-order valence-electron chi connectivity index (χ0n) is 23.4. The highest BCUT2D eigenvalue weighted by Crippen LogP contribution is 2.37. The summed E-state index contributed by atoms with van der Waals surface area (Å²) in [4.78, 5) is 31.8. The number of carbonyl (C=O) groups excluding carboxylic acids is 2. The van der Waals surface area contributed by atoms with Gasteiger partial charge in [0.15, 0.2) is 0 Å². The lowest BCUT2D eigenvalue weighted by Gasteiger charge is -2.35. The van der Waals surface area contributed by atoms with Gasteiger partial charge in [0.2, 0.25) is 0 Å². The fourth-order valence-electron chi connectivity index (χ4n) is 4.72. The van der Waals surface area contributed by atoms with Crippen molar-refractivity contribution in [2.24, 2.45) is 11.7 Å². The number of likely N-dealkylation sites (tertiary alicyclic amines) is 1. The molecule has 0 spiro atoms. The van der Waals surface area contributed by atoms with Crippen LogP contribution in [0.25, 0.3) is 10.4 Å². The average molecular weight is 567 g/mol. The molecule has 1 fully saturated rings. The zero-order valence-corrected chi connectivity index (χ0v) is 24.2. The molecule has 9 nitrogen and oxygen atoms in total. The number of anilines is 2. The van der Waals surface area contributed by atoms with E-state index < -0.39 is 23.7 Å². The van der Waals surface area contributed by atoms with E-state index in [2.05, 4.69) is 10.3 Å². The Hall–Kier alpha value is -3.47. The van der Waals surface area contributed by atoms with Crippen LogP contribution in [0.15, 0.2) is 48.5 Å². The Labute approximate surface area is 239 Å². The number of piperidine rings is 1. The first-order valence-electron chi connectivity index (χ1n) is 13.5. The van der Waals surface area contributed by atoms with Gasteiger partial charge in [-0.15, -0.1) is 11.3 Å². The molecule has 214 valence electrons. The molecule has 1 aliphatic heterocycles. The number of ether oxygens (including phenoxy) is 1. The minimum absolute atomic E-state index is 0.0484. The number of nitrogens with one attached hydrogen (secondary N) is 1. The Morgan fingerprint density at radius 2 is 1.82 bits per heavy atom. The normalized spacial score (nSPS) is 15.9. The molecule has 10 heteroatoms. The second kappa shape index (κ2) is 12.4. The lowest BCUT2D eigenvalue weighted by molar-refractivity contribution is 0.00716. The van der Waals surface area contributed by atoms with Crippen LogP contribution in [0, 0.1) is 5.92 Å². The van der Waals surface area contributed by atoms with Gasteiger partial charge in [-0.2, -0.15) is 0 Å². The molecule has 2 amide bonds. The van der Waals surface area contributed by atoms with Crippen LogP contribution in [0.5, 0.6) is 0 Å². The highest BCUT2D eigenvalue weighted by atomic mass is 32.1. The molecule has 1 aliphatic rings. The van der Waals surface area contributed by atoms with Gasteiger partial charge >= 0.3 is 6.09 Å². The predicted molar refractivity (Wildman–Crippen MR) is 157 cm³/mol. The van der Waals surface area contributed by atoms with Crippen LogP contribution in [0.1, 0.15) is 68.3 Å². The number of aliphatic hydroxyl groups excluding tert-OH is 2. The Morgan fingerprint density at radius 3 is 2.42 bits per heavy atom. The highest BCUT2D eigenvalue weighted by molar-refractivity contribution is 7.19. The lowest BCUT2D eigenvalue weighted by atomic mass is 9.89. The van der Waals surface area contributed by atoms with Crippen molar-refractivity contribution in [3.05, 3.63) is 65.4 Å². The molecule has 0 saturated carbocycles. The van der Waals surface area contributed by atoms with E-state index in [1.807, 2.05) is 51.1 Å². The monoisotopic (exact) mass is 566 g/mol. The van der Waals surface area contributed by atoms with E-state index in [-0.39, 0.29) is 12.0 Å². The number of benzene rings is 1. The van der Waals surface area contributed by atoms with Gasteiger partial charge in [-0.3, -0.25) is 4.79 Å². The second-order valence-corrected chi connectivity index (χ2v) is 12.3. The summed E-state index contributed by atoms with van der Waals surface area (Å²) in [7, 11) is 0. The molecule has 0 radical (unpaired) electrons. The van der Waals surface area contributed by atoms with Gasteiger partial charge in [0.05, 0.1) is 23.5 Å². The topological polar surface area (TPSA) is 138 Å². The second-order valence-electron chi connectivity index (χ2n) is 11.3. The molecule has 3 heterocycles. The zero-order chi connectivity index (χ0) is 29.0. The van der Waals surface area contributed by atoms with E-state index in [1.54, 1.807) is 30.0 Å². The van der Waals surface area contributed by atoms with E-state index >= 15 is 0 Å². The van der Waals surface area contributed by atoms with Crippen LogP contribution >= 0.6 is 11.3 Å². The first-order valence-corrected chi connectivity index (χ1v) is 14.3. The fraction of sp³-hybridized carbons (Fsp3) is 0.433. The Bertz CT molecular complexity index is 1320. The van der Waals surface area contributed by atoms with Crippen molar-refractivity contribution in [2.75, 3.05) is 18.4 Å². The van der Waals surface area contributed by atoms with Crippen molar-refractivity contribution in [3.63, 3.8) is 0 Å². The maximum atomic E-state index is 12.4. The van der Waals surface area contributed by atoms with Crippen LogP contribution in [-0.2, 0) is 11.2 Å². The Morgan fingerprint density at radius 1 is 1.15 bits per heavy atom. The number of primary amides is 1. The average Bonchev–Trinajstić information content (AvgIpc) is 3.31. The number of aliphatic hydroxyl groups is 2. The van der Waals surface area contributed by atoms with Crippen LogP contribution in [0.2, 0.25) is 0 Å². The lowest BCUT2D eigenvalue weighted by Crippen LogP contribution is -2.42. The van der Waals surface area contributed by atoms with Crippen molar-refractivity contribution in [1.82, 2.24) is 9.88 Å². The molecule has 4 rings (SSSR count). The maximum Gasteiger partial charge on any atom is 0.410 e. The Balaban J connectivity index is 1.45. The minimum Gasteiger partial charge on any atom is -0.444 e. The van der Waals surface area contributed by atoms with Gasteiger partial charge in [-0.25, -0.2) is 9.78 Å². The molecule has 1 aromatic carbocycles. The SMILES string of the molecule is CC(O)Cc1ccc(-c2cc(C(N)=O)c(Nc3cccc(C(O)C4CCN(C(=O)OC(C)(C)C)CC4)n3)s2)cc1. The van der Waals surface area contributed by atoms with Gasteiger partial charge in [0, 0.05) is 18.0 Å². The number of thiophene rings is 1. The number of nitrogens with two attached hydrogens (primary N) is 1. The summed E-state index contributed by atoms with van der Waals surface area (Å²) >= 11 is 1.39.